The molecule has 1 aromatic heterocycles. The van der Waals surface area contributed by atoms with Crippen molar-refractivity contribution in [3.63, 3.8) is 0 Å². The SMILES string of the molecule is OC(c1ccc(Cl)cc1)(c1cccnc1)c1cccc(Br)c1. The molecule has 0 saturated heterocycles. The molecule has 0 radical (unpaired) electrons. The lowest BCUT2D eigenvalue weighted by Gasteiger charge is -2.30. The number of benzene rings is 2. The molecule has 0 fully saturated rings. The van der Waals surface area contributed by atoms with Gasteiger partial charge in [-0.15, -0.1) is 0 Å². The smallest absolute Gasteiger partial charge is 0.142 e. The van der Waals surface area contributed by atoms with Crippen LogP contribution in [0.2, 0.25) is 5.02 Å². The molecule has 0 saturated carbocycles. The summed E-state index contributed by atoms with van der Waals surface area (Å²) >= 11 is 9.44. The zero-order chi connectivity index (χ0) is 15.6. The Morgan fingerprint density at radius 3 is 2.27 bits per heavy atom. The number of hydrogen-bond donors (Lipinski definition) is 1. The lowest BCUT2D eigenvalue weighted by atomic mass is 9.81. The van der Waals surface area contributed by atoms with Crippen LogP contribution in [0.3, 0.4) is 0 Å². The number of aliphatic hydroxyl groups is 1. The van der Waals surface area contributed by atoms with Gasteiger partial charge in [-0.3, -0.25) is 4.98 Å². The second kappa shape index (κ2) is 6.21. The maximum atomic E-state index is 11.5. The Hall–Kier alpha value is -1.68. The average Bonchev–Trinajstić information content (AvgIpc) is 2.55. The van der Waals surface area contributed by atoms with Gasteiger partial charge in [-0.25, -0.2) is 0 Å². The Bertz CT molecular complexity index is 777. The summed E-state index contributed by atoms with van der Waals surface area (Å²) in [6, 6.07) is 18.5. The number of rotatable bonds is 3. The van der Waals surface area contributed by atoms with Gasteiger partial charge in [-0.1, -0.05) is 57.9 Å². The van der Waals surface area contributed by atoms with Crippen LogP contribution in [0.5, 0.6) is 0 Å². The second-order valence-corrected chi connectivity index (χ2v) is 6.32. The summed E-state index contributed by atoms with van der Waals surface area (Å²) in [5, 5.41) is 12.2. The van der Waals surface area contributed by atoms with Gasteiger partial charge >= 0.3 is 0 Å². The van der Waals surface area contributed by atoms with Crippen LogP contribution in [0.4, 0.5) is 0 Å². The number of hydrogen-bond acceptors (Lipinski definition) is 2. The van der Waals surface area contributed by atoms with Crippen molar-refractivity contribution in [1.82, 2.24) is 4.98 Å². The molecule has 3 rings (SSSR count). The summed E-state index contributed by atoms with van der Waals surface area (Å²) in [6.07, 6.45) is 3.36. The maximum Gasteiger partial charge on any atom is 0.142 e. The summed E-state index contributed by atoms with van der Waals surface area (Å²) in [6.45, 7) is 0. The molecule has 2 aromatic carbocycles. The molecule has 1 atom stereocenters. The molecule has 1 unspecified atom stereocenters. The summed E-state index contributed by atoms with van der Waals surface area (Å²) in [5.74, 6) is 0. The van der Waals surface area contributed by atoms with Crippen molar-refractivity contribution in [2.24, 2.45) is 0 Å². The highest BCUT2D eigenvalue weighted by molar-refractivity contribution is 9.10. The van der Waals surface area contributed by atoms with Crippen molar-refractivity contribution in [2.45, 2.75) is 5.60 Å². The summed E-state index contributed by atoms with van der Waals surface area (Å²) in [5.41, 5.74) is 0.915. The van der Waals surface area contributed by atoms with E-state index >= 15 is 0 Å². The average molecular weight is 375 g/mol. The van der Waals surface area contributed by atoms with Gasteiger partial charge in [-0.2, -0.15) is 0 Å². The first-order chi connectivity index (χ1) is 10.6. The standard InChI is InChI=1S/C18H13BrClNO/c19-16-5-1-3-14(11-16)18(22,15-4-2-10-21-12-15)13-6-8-17(20)9-7-13/h1-12,22H. The fourth-order valence-electron chi connectivity index (χ4n) is 2.48. The van der Waals surface area contributed by atoms with Gasteiger partial charge in [0.2, 0.25) is 0 Å². The highest BCUT2D eigenvalue weighted by Crippen LogP contribution is 2.37. The van der Waals surface area contributed by atoms with Crippen LogP contribution < -0.4 is 0 Å². The van der Waals surface area contributed by atoms with E-state index in [1.165, 1.54) is 0 Å². The molecule has 1 N–H and O–H groups in total. The topological polar surface area (TPSA) is 33.1 Å². The first kappa shape index (κ1) is 15.2. The van der Waals surface area contributed by atoms with E-state index in [2.05, 4.69) is 20.9 Å². The van der Waals surface area contributed by atoms with Gasteiger partial charge in [0.1, 0.15) is 5.60 Å². The number of halogens is 2. The van der Waals surface area contributed by atoms with Crippen molar-refractivity contribution in [2.75, 3.05) is 0 Å². The van der Waals surface area contributed by atoms with E-state index in [1.807, 2.05) is 48.5 Å². The minimum Gasteiger partial charge on any atom is -0.376 e. The Morgan fingerprint density at radius 2 is 1.64 bits per heavy atom. The molecule has 0 spiro atoms. The Balaban J connectivity index is 2.24. The monoisotopic (exact) mass is 373 g/mol. The van der Waals surface area contributed by atoms with E-state index in [4.69, 9.17) is 11.6 Å². The lowest BCUT2D eigenvalue weighted by Crippen LogP contribution is -2.29. The summed E-state index contributed by atoms with van der Waals surface area (Å²) < 4.78 is 0.904. The Morgan fingerprint density at radius 1 is 0.909 bits per heavy atom. The third-order valence-electron chi connectivity index (χ3n) is 3.58. The molecule has 0 aliphatic rings. The first-order valence-electron chi connectivity index (χ1n) is 6.75. The van der Waals surface area contributed by atoms with E-state index in [0.717, 1.165) is 15.6 Å². The molecule has 2 nitrogen and oxygen atoms in total. The number of nitrogens with zero attached hydrogens (tertiary/aromatic N) is 1. The van der Waals surface area contributed by atoms with Crippen molar-refractivity contribution in [1.29, 1.82) is 0 Å². The molecule has 0 bridgehead atoms. The van der Waals surface area contributed by atoms with Gasteiger partial charge < -0.3 is 5.11 Å². The van der Waals surface area contributed by atoms with Crippen LogP contribution in [0.15, 0.2) is 77.5 Å². The van der Waals surface area contributed by atoms with Crippen LogP contribution in [0.25, 0.3) is 0 Å². The molecule has 0 aliphatic carbocycles. The van der Waals surface area contributed by atoms with Gasteiger partial charge in [-0.05, 0) is 41.5 Å². The van der Waals surface area contributed by atoms with E-state index in [0.29, 0.717) is 10.6 Å². The molecule has 3 aromatic rings. The maximum absolute atomic E-state index is 11.5. The molecular formula is C18H13BrClNO. The lowest BCUT2D eigenvalue weighted by molar-refractivity contribution is 0.125. The first-order valence-corrected chi connectivity index (χ1v) is 7.93. The number of pyridine rings is 1. The molecule has 0 amide bonds. The number of aromatic nitrogens is 1. The molecule has 1 heterocycles. The van der Waals surface area contributed by atoms with Crippen LogP contribution in [0, 0.1) is 0 Å². The second-order valence-electron chi connectivity index (χ2n) is 4.97. The van der Waals surface area contributed by atoms with Crippen molar-refractivity contribution >= 4 is 27.5 Å². The zero-order valence-electron chi connectivity index (χ0n) is 11.6. The normalized spacial score (nSPS) is 13.6. The predicted octanol–water partition coefficient (Wildman–Crippen LogP) is 4.78. The Labute approximate surface area is 142 Å². The fourth-order valence-corrected chi connectivity index (χ4v) is 3.01. The molecule has 110 valence electrons. The van der Waals surface area contributed by atoms with Crippen molar-refractivity contribution < 1.29 is 5.11 Å². The molecule has 4 heteroatoms. The largest absolute Gasteiger partial charge is 0.376 e. The Kier molecular flexibility index (Phi) is 4.30. The third kappa shape index (κ3) is 2.80. The van der Waals surface area contributed by atoms with E-state index in [-0.39, 0.29) is 0 Å². The van der Waals surface area contributed by atoms with Gasteiger partial charge in [0, 0.05) is 27.5 Å². The van der Waals surface area contributed by atoms with Crippen LogP contribution in [0.1, 0.15) is 16.7 Å². The predicted molar refractivity (Wildman–Crippen MR) is 91.9 cm³/mol. The van der Waals surface area contributed by atoms with Crippen molar-refractivity contribution in [3.05, 3.63) is 99.2 Å². The fraction of sp³-hybridized carbons (Fsp3) is 0.0556. The summed E-state index contributed by atoms with van der Waals surface area (Å²) in [4.78, 5) is 4.14. The minimum atomic E-state index is -1.29. The highest BCUT2D eigenvalue weighted by atomic mass is 79.9. The van der Waals surface area contributed by atoms with Crippen LogP contribution >= 0.6 is 27.5 Å². The van der Waals surface area contributed by atoms with Gasteiger partial charge in [0.05, 0.1) is 0 Å². The van der Waals surface area contributed by atoms with Gasteiger partial charge in [0.25, 0.3) is 0 Å². The van der Waals surface area contributed by atoms with Gasteiger partial charge in [0.15, 0.2) is 0 Å². The van der Waals surface area contributed by atoms with Crippen molar-refractivity contribution in [3.8, 4) is 0 Å². The molecule has 0 aliphatic heterocycles. The quantitative estimate of drug-likeness (QED) is 0.715. The molecular weight excluding hydrogens is 362 g/mol. The van der Waals surface area contributed by atoms with E-state index < -0.39 is 5.60 Å². The highest BCUT2D eigenvalue weighted by Gasteiger charge is 2.34. The van der Waals surface area contributed by atoms with E-state index in [1.54, 1.807) is 24.5 Å². The zero-order valence-corrected chi connectivity index (χ0v) is 13.9. The van der Waals surface area contributed by atoms with Crippen LogP contribution in [-0.2, 0) is 5.60 Å². The minimum absolute atomic E-state index is 0.631. The molecule has 22 heavy (non-hydrogen) atoms. The van der Waals surface area contributed by atoms with E-state index in [9.17, 15) is 5.11 Å². The van der Waals surface area contributed by atoms with Crippen LogP contribution in [-0.4, -0.2) is 10.1 Å². The summed E-state index contributed by atoms with van der Waals surface area (Å²) in [7, 11) is 0. The third-order valence-corrected chi connectivity index (χ3v) is 4.33.